The average molecular weight is 433 g/mol. The number of aliphatic hydroxyl groups excluding tert-OH is 1. The van der Waals surface area contributed by atoms with E-state index in [9.17, 15) is 5.11 Å². The normalized spacial score (nSPS) is 14.7. The van der Waals surface area contributed by atoms with Gasteiger partial charge in [0.25, 0.3) is 0 Å². The van der Waals surface area contributed by atoms with Gasteiger partial charge in [-0.3, -0.25) is 0 Å². The molecule has 2 atom stereocenters. The molecule has 0 bridgehead atoms. The minimum absolute atomic E-state index is 0.156. The van der Waals surface area contributed by atoms with Crippen molar-refractivity contribution in [3.05, 3.63) is 119 Å². The summed E-state index contributed by atoms with van der Waals surface area (Å²) in [7, 11) is 0. The van der Waals surface area contributed by atoms with Gasteiger partial charge in [-0.25, -0.2) is 0 Å². The van der Waals surface area contributed by atoms with Gasteiger partial charge in [0.1, 0.15) is 18.8 Å². The minimum atomic E-state index is -0.475. The Kier molecular flexibility index (Phi) is 8.06. The highest BCUT2D eigenvalue weighted by Gasteiger charge is 2.39. The van der Waals surface area contributed by atoms with Gasteiger partial charge < -0.3 is 24.1 Å². The molecule has 166 valence electrons. The van der Waals surface area contributed by atoms with Crippen LogP contribution in [0.2, 0.25) is 0 Å². The predicted octanol–water partition coefficient (Wildman–Crippen LogP) is 4.61. The van der Waals surface area contributed by atoms with Crippen LogP contribution in [0.4, 0.5) is 0 Å². The molecule has 0 unspecified atom stereocenters. The summed E-state index contributed by atoms with van der Waals surface area (Å²) in [5, 5.41) is 9.51. The number of aliphatic hydroxyl groups is 1. The Balaban J connectivity index is 1.46. The Morgan fingerprint density at radius 2 is 1.16 bits per heavy atom. The Morgan fingerprint density at radius 3 is 1.66 bits per heavy atom. The van der Waals surface area contributed by atoms with E-state index in [0.29, 0.717) is 37.9 Å². The van der Waals surface area contributed by atoms with Gasteiger partial charge in [-0.05, 0) is 16.7 Å². The molecule has 0 amide bonds. The molecule has 0 saturated heterocycles. The van der Waals surface area contributed by atoms with Crippen LogP contribution >= 0.6 is 0 Å². The van der Waals surface area contributed by atoms with Crippen LogP contribution in [0.5, 0.6) is 0 Å². The fourth-order valence-electron chi connectivity index (χ4n) is 3.41. The van der Waals surface area contributed by atoms with Crippen molar-refractivity contribution in [3.8, 4) is 0 Å². The van der Waals surface area contributed by atoms with Crippen LogP contribution in [0.15, 0.2) is 103 Å². The van der Waals surface area contributed by atoms with E-state index in [2.05, 4.69) is 0 Å². The van der Waals surface area contributed by atoms with E-state index in [1.807, 2.05) is 91.0 Å². The number of hydrogen-bond acceptors (Lipinski definition) is 5. The van der Waals surface area contributed by atoms with Gasteiger partial charge in [-0.1, -0.05) is 91.0 Å². The molecule has 32 heavy (non-hydrogen) atoms. The highest BCUT2D eigenvalue weighted by Crippen LogP contribution is 2.34. The maximum Gasteiger partial charge on any atom is 0.176 e. The molecular formula is C27H28O5. The van der Waals surface area contributed by atoms with Crippen molar-refractivity contribution < 1.29 is 24.1 Å². The third-order valence-electron chi connectivity index (χ3n) is 5.18. The van der Waals surface area contributed by atoms with E-state index in [1.54, 1.807) is 0 Å². The molecule has 5 heteroatoms. The second kappa shape index (κ2) is 11.6. The van der Waals surface area contributed by atoms with Gasteiger partial charge >= 0.3 is 0 Å². The fourth-order valence-corrected chi connectivity index (χ4v) is 3.41. The van der Waals surface area contributed by atoms with Crippen LogP contribution in [0.3, 0.4) is 0 Å². The lowest BCUT2D eigenvalue weighted by atomic mass is 10.1. The van der Waals surface area contributed by atoms with E-state index in [4.69, 9.17) is 18.9 Å². The third kappa shape index (κ3) is 6.52. The smallest absolute Gasteiger partial charge is 0.176 e. The molecular weight excluding hydrogens is 404 g/mol. The van der Waals surface area contributed by atoms with Gasteiger partial charge in [0, 0.05) is 0 Å². The van der Waals surface area contributed by atoms with E-state index >= 15 is 0 Å². The molecule has 0 radical (unpaired) electrons. The fraction of sp³-hybridized carbons (Fsp3) is 0.259. The van der Waals surface area contributed by atoms with Crippen LogP contribution in [0.25, 0.3) is 0 Å². The Morgan fingerprint density at radius 1 is 0.656 bits per heavy atom. The first-order valence-electron chi connectivity index (χ1n) is 10.8. The second-order valence-corrected chi connectivity index (χ2v) is 7.60. The number of benzene rings is 3. The number of ether oxygens (including phenoxy) is 4. The van der Waals surface area contributed by atoms with E-state index in [1.165, 1.54) is 0 Å². The Labute approximate surface area is 188 Å². The van der Waals surface area contributed by atoms with Crippen molar-refractivity contribution in [2.45, 2.75) is 32.0 Å². The molecule has 4 rings (SSSR count). The standard InChI is InChI=1S/C27H28O5/c28-16-24-27(32-24)26(31-19-23-14-8-3-9-15-23)25(30-18-22-12-6-2-7-13-22)20-29-17-21-10-4-1-5-11-21/h1-15,25-26,28H,16-20H2/t25-,26-/m1/s1. The van der Waals surface area contributed by atoms with Crippen molar-refractivity contribution in [2.75, 3.05) is 13.2 Å². The van der Waals surface area contributed by atoms with E-state index < -0.39 is 12.2 Å². The molecule has 1 aliphatic heterocycles. The summed E-state index contributed by atoms with van der Waals surface area (Å²) in [6.07, 6.45) is -0.876. The van der Waals surface area contributed by atoms with Crippen molar-refractivity contribution in [1.82, 2.24) is 0 Å². The van der Waals surface area contributed by atoms with Crippen LogP contribution in [0.1, 0.15) is 16.7 Å². The lowest BCUT2D eigenvalue weighted by molar-refractivity contribution is -0.107. The number of rotatable bonds is 13. The molecule has 3 aromatic rings. The summed E-state index contributed by atoms with van der Waals surface area (Å²) in [6.45, 7) is 1.47. The van der Waals surface area contributed by atoms with E-state index in [-0.39, 0.29) is 6.61 Å². The third-order valence-corrected chi connectivity index (χ3v) is 5.18. The van der Waals surface area contributed by atoms with Crippen LogP contribution in [-0.4, -0.2) is 30.5 Å². The highest BCUT2D eigenvalue weighted by molar-refractivity contribution is 5.24. The molecule has 5 nitrogen and oxygen atoms in total. The van der Waals surface area contributed by atoms with Crippen LogP contribution in [0, 0.1) is 0 Å². The molecule has 1 N–H and O–H groups in total. The minimum Gasteiger partial charge on any atom is -0.453 e. The van der Waals surface area contributed by atoms with Crippen molar-refractivity contribution >= 4 is 0 Å². The Hall–Kier alpha value is -2.96. The predicted molar refractivity (Wildman–Crippen MR) is 121 cm³/mol. The zero-order valence-electron chi connectivity index (χ0n) is 17.9. The van der Waals surface area contributed by atoms with Gasteiger partial charge in [-0.15, -0.1) is 0 Å². The van der Waals surface area contributed by atoms with Gasteiger partial charge in [0.15, 0.2) is 11.5 Å². The molecule has 0 spiro atoms. The van der Waals surface area contributed by atoms with Gasteiger partial charge in [-0.2, -0.15) is 0 Å². The molecule has 0 saturated carbocycles. The first-order valence-corrected chi connectivity index (χ1v) is 10.8. The molecule has 0 aliphatic carbocycles. The maximum absolute atomic E-state index is 9.51. The lowest BCUT2D eigenvalue weighted by Gasteiger charge is -2.25. The molecule has 0 fully saturated rings. The molecule has 3 aromatic carbocycles. The van der Waals surface area contributed by atoms with Crippen LogP contribution in [-0.2, 0) is 38.8 Å². The average Bonchev–Trinajstić information content (AvgIpc) is 3.64. The summed E-state index contributed by atoms with van der Waals surface area (Å²) < 4.78 is 24.0. The summed E-state index contributed by atoms with van der Waals surface area (Å²) in [4.78, 5) is 0. The second-order valence-electron chi connectivity index (χ2n) is 7.60. The van der Waals surface area contributed by atoms with Crippen molar-refractivity contribution in [2.24, 2.45) is 0 Å². The summed E-state index contributed by atoms with van der Waals surface area (Å²) in [5.74, 6) is 1.17. The van der Waals surface area contributed by atoms with E-state index in [0.717, 1.165) is 16.7 Å². The molecule has 1 aliphatic rings. The topological polar surface area (TPSA) is 60.5 Å². The first kappa shape index (κ1) is 22.2. The summed E-state index contributed by atoms with van der Waals surface area (Å²) in [6, 6.07) is 30.0. The largest absolute Gasteiger partial charge is 0.453 e. The number of hydrogen-bond donors (Lipinski definition) is 1. The van der Waals surface area contributed by atoms with Crippen molar-refractivity contribution in [3.63, 3.8) is 0 Å². The molecule has 1 heterocycles. The first-order chi connectivity index (χ1) is 15.8. The maximum atomic E-state index is 9.51. The monoisotopic (exact) mass is 432 g/mol. The van der Waals surface area contributed by atoms with Crippen molar-refractivity contribution in [1.29, 1.82) is 0 Å². The zero-order valence-corrected chi connectivity index (χ0v) is 17.9. The highest BCUT2D eigenvalue weighted by atomic mass is 16.6. The molecule has 0 aromatic heterocycles. The van der Waals surface area contributed by atoms with Gasteiger partial charge in [0.05, 0.1) is 26.4 Å². The summed E-state index contributed by atoms with van der Waals surface area (Å²) in [5.41, 5.74) is 3.21. The van der Waals surface area contributed by atoms with Gasteiger partial charge in [0.2, 0.25) is 0 Å². The van der Waals surface area contributed by atoms with Crippen LogP contribution < -0.4 is 0 Å². The Bertz CT molecular complexity index is 973. The zero-order chi connectivity index (χ0) is 22.0. The summed E-state index contributed by atoms with van der Waals surface area (Å²) >= 11 is 0. The lowest BCUT2D eigenvalue weighted by Crippen LogP contribution is -2.35. The quantitative estimate of drug-likeness (QED) is 0.428. The SMILES string of the molecule is OCC1=C([C@H](OCc2ccccc2)[C@@H](COCc2ccccc2)OCc2ccccc2)O1.